The van der Waals surface area contributed by atoms with E-state index < -0.39 is 5.97 Å². The van der Waals surface area contributed by atoms with Crippen molar-refractivity contribution in [2.75, 3.05) is 39.1 Å². The first kappa shape index (κ1) is 25.8. The highest BCUT2D eigenvalue weighted by atomic mass is 32.2. The van der Waals surface area contributed by atoms with Gasteiger partial charge in [-0.05, 0) is 67.0 Å². The minimum absolute atomic E-state index is 0.0428. The molecule has 1 aromatic heterocycles. The van der Waals surface area contributed by atoms with Gasteiger partial charge in [-0.1, -0.05) is 20.8 Å². The number of aromatic nitrogens is 1. The summed E-state index contributed by atoms with van der Waals surface area (Å²) in [6.07, 6.45) is 3.51. The zero-order chi connectivity index (χ0) is 24.0. The Labute approximate surface area is 201 Å². The maximum atomic E-state index is 11.8. The van der Waals surface area contributed by atoms with Crippen molar-refractivity contribution in [2.45, 2.75) is 50.7 Å². The molecule has 2 heterocycles. The highest BCUT2D eigenvalue weighted by Gasteiger charge is 2.37. The second-order valence-corrected chi connectivity index (χ2v) is 11.9. The molecule has 7 heteroatoms. The second-order valence-electron chi connectivity index (χ2n) is 9.97. The Morgan fingerprint density at radius 1 is 1.33 bits per heavy atom. The van der Waals surface area contributed by atoms with Gasteiger partial charge in [0.25, 0.3) is 0 Å². The van der Waals surface area contributed by atoms with Gasteiger partial charge in [0, 0.05) is 48.2 Å². The van der Waals surface area contributed by atoms with Crippen LogP contribution in [0.2, 0.25) is 0 Å². The van der Waals surface area contributed by atoms with E-state index in [2.05, 4.69) is 30.7 Å². The first-order valence-electron chi connectivity index (χ1n) is 11.8. The van der Waals surface area contributed by atoms with Crippen LogP contribution < -0.4 is 4.74 Å². The van der Waals surface area contributed by atoms with Crippen LogP contribution in [0.25, 0.3) is 10.9 Å². The molecule has 3 rings (SSSR count). The van der Waals surface area contributed by atoms with Crippen LogP contribution in [0.4, 0.5) is 0 Å². The third-order valence-electron chi connectivity index (χ3n) is 6.60. The van der Waals surface area contributed by atoms with Crippen molar-refractivity contribution in [3.63, 3.8) is 0 Å². The van der Waals surface area contributed by atoms with E-state index in [4.69, 9.17) is 4.74 Å². The van der Waals surface area contributed by atoms with Crippen molar-refractivity contribution in [3.05, 3.63) is 36.0 Å². The molecule has 0 aliphatic carbocycles. The van der Waals surface area contributed by atoms with Crippen LogP contribution in [-0.4, -0.2) is 69.9 Å². The van der Waals surface area contributed by atoms with Gasteiger partial charge in [0.15, 0.2) is 0 Å². The van der Waals surface area contributed by atoms with Gasteiger partial charge in [-0.3, -0.25) is 9.78 Å². The van der Waals surface area contributed by atoms with Crippen molar-refractivity contribution in [1.29, 1.82) is 0 Å². The van der Waals surface area contributed by atoms with Gasteiger partial charge in [-0.15, -0.1) is 0 Å². The highest BCUT2D eigenvalue weighted by Crippen LogP contribution is 2.42. The molecule has 0 unspecified atom stereocenters. The number of carboxylic acids is 1. The van der Waals surface area contributed by atoms with Crippen LogP contribution in [0.3, 0.4) is 0 Å². The van der Waals surface area contributed by atoms with Gasteiger partial charge in [0.05, 0.1) is 12.6 Å². The highest BCUT2D eigenvalue weighted by molar-refractivity contribution is 8.00. The maximum absolute atomic E-state index is 11.8. The summed E-state index contributed by atoms with van der Waals surface area (Å²) < 4.78 is 5.68. The molecule has 182 valence electrons. The normalized spacial score (nSPS) is 20.6. The number of benzene rings is 1. The number of hydrogen-bond acceptors (Lipinski definition) is 6. The molecule has 1 saturated heterocycles. The first-order valence-corrected chi connectivity index (χ1v) is 12.8. The fourth-order valence-corrected chi connectivity index (χ4v) is 6.08. The lowest BCUT2D eigenvalue weighted by Gasteiger charge is -2.42. The summed E-state index contributed by atoms with van der Waals surface area (Å²) in [5, 5.41) is 20.6. The number of likely N-dealkylation sites (tertiary alicyclic amines) is 1. The molecule has 0 saturated carbocycles. The molecule has 1 aromatic carbocycles. The number of fused-ring (bicyclic) bond motifs is 1. The number of ether oxygens (including phenoxy) is 1. The molecule has 0 spiro atoms. The van der Waals surface area contributed by atoms with E-state index in [1.165, 1.54) is 0 Å². The van der Waals surface area contributed by atoms with Gasteiger partial charge < -0.3 is 19.8 Å². The molecule has 2 N–H and O–H groups in total. The van der Waals surface area contributed by atoms with Crippen LogP contribution in [0.1, 0.15) is 51.5 Å². The summed E-state index contributed by atoms with van der Waals surface area (Å²) in [5.74, 6) is 1.37. The zero-order valence-electron chi connectivity index (χ0n) is 20.3. The van der Waals surface area contributed by atoms with Crippen LogP contribution in [-0.2, 0) is 4.79 Å². The number of carboxylic acid groups (broad SMARTS) is 1. The van der Waals surface area contributed by atoms with Crippen molar-refractivity contribution < 1.29 is 19.7 Å². The molecule has 33 heavy (non-hydrogen) atoms. The number of nitrogens with zero attached hydrogens (tertiary/aromatic N) is 2. The number of aliphatic hydroxyl groups excluding tert-OH is 1. The minimum Gasteiger partial charge on any atom is -0.497 e. The number of aliphatic hydroxyl groups is 1. The van der Waals surface area contributed by atoms with Crippen molar-refractivity contribution in [3.8, 4) is 5.75 Å². The van der Waals surface area contributed by atoms with E-state index in [1.807, 2.05) is 42.2 Å². The van der Waals surface area contributed by atoms with E-state index in [1.54, 1.807) is 7.11 Å². The Balaban J connectivity index is 1.87. The average Bonchev–Trinajstić information content (AvgIpc) is 2.76. The fraction of sp³-hybridized carbons (Fsp3) is 0.615. The average molecular weight is 475 g/mol. The topological polar surface area (TPSA) is 82.9 Å². The summed E-state index contributed by atoms with van der Waals surface area (Å²) in [7, 11) is 1.65. The summed E-state index contributed by atoms with van der Waals surface area (Å²) in [4.78, 5) is 18.7. The lowest BCUT2D eigenvalue weighted by molar-refractivity contribution is -0.139. The predicted octanol–water partition coefficient (Wildman–Crippen LogP) is 4.65. The maximum Gasteiger partial charge on any atom is 0.303 e. The third-order valence-corrected chi connectivity index (χ3v) is 7.85. The predicted molar refractivity (Wildman–Crippen MR) is 135 cm³/mol. The van der Waals surface area contributed by atoms with Gasteiger partial charge in [-0.2, -0.15) is 11.8 Å². The summed E-state index contributed by atoms with van der Waals surface area (Å²) in [6, 6.07) is 7.90. The van der Waals surface area contributed by atoms with Crippen molar-refractivity contribution >= 4 is 28.6 Å². The molecule has 6 nitrogen and oxygen atoms in total. The first-order chi connectivity index (χ1) is 15.7. The molecule has 0 radical (unpaired) electrons. The molecule has 1 fully saturated rings. The van der Waals surface area contributed by atoms with E-state index in [0.717, 1.165) is 54.0 Å². The van der Waals surface area contributed by atoms with Crippen molar-refractivity contribution in [1.82, 2.24) is 9.88 Å². The van der Waals surface area contributed by atoms with Crippen LogP contribution >= 0.6 is 11.8 Å². The monoisotopic (exact) mass is 474 g/mol. The minimum atomic E-state index is -0.750. The van der Waals surface area contributed by atoms with Crippen molar-refractivity contribution in [2.24, 2.45) is 11.8 Å². The molecule has 1 aliphatic heterocycles. The van der Waals surface area contributed by atoms with Crippen LogP contribution in [0.15, 0.2) is 30.5 Å². The number of aliphatic carboxylic acids is 1. The lowest BCUT2D eigenvalue weighted by Crippen LogP contribution is -2.44. The number of methoxy groups -OCH3 is 1. The molecule has 1 aliphatic rings. The number of carbonyl (C=O) groups is 1. The third kappa shape index (κ3) is 7.08. The van der Waals surface area contributed by atoms with Gasteiger partial charge in [0.1, 0.15) is 5.75 Å². The number of pyridine rings is 1. The lowest BCUT2D eigenvalue weighted by atomic mass is 9.71. The van der Waals surface area contributed by atoms with Crippen LogP contribution in [0, 0.1) is 11.8 Å². The van der Waals surface area contributed by atoms with Gasteiger partial charge >= 0.3 is 5.97 Å². The summed E-state index contributed by atoms with van der Waals surface area (Å²) in [5.41, 5.74) is 2.02. The number of thioether (sulfide) groups is 1. The zero-order valence-corrected chi connectivity index (χ0v) is 21.1. The van der Waals surface area contributed by atoms with E-state index in [-0.39, 0.29) is 35.5 Å². The smallest absolute Gasteiger partial charge is 0.303 e. The van der Waals surface area contributed by atoms with Crippen LogP contribution in [0.5, 0.6) is 5.75 Å². The molecule has 0 amide bonds. The van der Waals surface area contributed by atoms with Gasteiger partial charge in [0.2, 0.25) is 0 Å². The standard InChI is InChI=1S/C26H38N2O4S/c1-26(2,3)33-14-12-28-11-8-20(18(17-28)15-25(30)31)22(9-13-29)21-7-10-27-24-6-5-19(32-4)16-23(21)24/h5-7,10,16,18,20,22,29H,8-9,11-15,17H2,1-4H3,(H,30,31)/t18-,20-,22+/m0/s1. The Kier molecular flexibility index (Phi) is 9.02. The Bertz CT molecular complexity index is 930. The molecule has 0 bridgehead atoms. The Hall–Kier alpha value is -1.83. The SMILES string of the molecule is COc1ccc2nccc([C@H](CCO)[C@H]3CCN(CCSC(C)(C)C)C[C@@H]3CC(=O)O)c2c1. The summed E-state index contributed by atoms with van der Waals surface area (Å²) in [6.45, 7) is 9.47. The van der Waals surface area contributed by atoms with E-state index >= 15 is 0 Å². The number of hydrogen-bond donors (Lipinski definition) is 2. The molecular weight excluding hydrogens is 436 g/mol. The molecular formula is C26H38N2O4S. The summed E-state index contributed by atoms with van der Waals surface area (Å²) >= 11 is 1.95. The number of piperidine rings is 1. The molecule has 3 atom stereocenters. The Morgan fingerprint density at radius 2 is 2.12 bits per heavy atom. The second kappa shape index (κ2) is 11.5. The Morgan fingerprint density at radius 3 is 2.79 bits per heavy atom. The fourth-order valence-electron chi connectivity index (χ4n) is 5.12. The van der Waals surface area contributed by atoms with E-state index in [9.17, 15) is 15.0 Å². The largest absolute Gasteiger partial charge is 0.497 e. The number of rotatable bonds is 10. The molecule has 2 aromatic rings. The van der Waals surface area contributed by atoms with E-state index in [0.29, 0.717) is 6.42 Å². The van der Waals surface area contributed by atoms with Gasteiger partial charge in [-0.25, -0.2) is 0 Å². The quantitative estimate of drug-likeness (QED) is 0.518.